The molecule has 4 aliphatic rings. The van der Waals surface area contributed by atoms with Crippen molar-refractivity contribution in [3.63, 3.8) is 0 Å². The van der Waals surface area contributed by atoms with Gasteiger partial charge in [-0.25, -0.2) is 0 Å². The normalized spacial score (nSPS) is 21.5. The minimum Gasteiger partial charge on any atom is -0.495 e. The molecule has 10 rings (SSSR count). The fourth-order valence-electron chi connectivity index (χ4n) is 9.41. The highest BCUT2D eigenvalue weighted by Gasteiger charge is 2.61. The van der Waals surface area contributed by atoms with E-state index in [0.717, 1.165) is 49.8 Å². The first-order chi connectivity index (χ1) is 31.1. The van der Waals surface area contributed by atoms with Crippen LogP contribution < -0.4 is 29.6 Å². The Balaban J connectivity index is 0.000000162. The quantitative estimate of drug-likeness (QED) is 0.0828. The van der Waals surface area contributed by atoms with Crippen molar-refractivity contribution < 1.29 is 38.0 Å². The molecule has 18 nitrogen and oxygen atoms in total. The molecule has 2 saturated heterocycles. The zero-order valence-corrected chi connectivity index (χ0v) is 36.9. The summed E-state index contributed by atoms with van der Waals surface area (Å²) in [6, 6.07) is 14.5. The van der Waals surface area contributed by atoms with E-state index in [1.807, 2.05) is 47.9 Å². The molecule has 2 amide bonds. The molecule has 64 heavy (non-hydrogen) atoms. The van der Waals surface area contributed by atoms with Crippen LogP contribution in [0.2, 0.25) is 0 Å². The van der Waals surface area contributed by atoms with Crippen molar-refractivity contribution in [1.29, 1.82) is 0 Å². The average molecular weight is 875 g/mol. The van der Waals surface area contributed by atoms with Crippen LogP contribution >= 0.6 is 0 Å². The van der Waals surface area contributed by atoms with Gasteiger partial charge in [-0.15, -0.1) is 0 Å². The summed E-state index contributed by atoms with van der Waals surface area (Å²) in [5.41, 5.74) is 4.18. The molecule has 0 radical (unpaired) electrons. The van der Waals surface area contributed by atoms with Crippen molar-refractivity contribution in [2.24, 2.45) is 22.7 Å². The third-order valence-electron chi connectivity index (χ3n) is 12.8. The average Bonchev–Trinajstić information content (AvgIpc) is 3.70. The Morgan fingerprint density at radius 2 is 1.09 bits per heavy atom. The first kappa shape index (κ1) is 42.6. The molecule has 2 aliphatic heterocycles. The van der Waals surface area contributed by atoms with Crippen LogP contribution in [0.5, 0.6) is 23.3 Å². The minimum absolute atomic E-state index is 0.0141. The van der Waals surface area contributed by atoms with Gasteiger partial charge in [0.2, 0.25) is 23.7 Å². The number of piperidine rings is 2. The van der Waals surface area contributed by atoms with Gasteiger partial charge in [-0.3, -0.25) is 9.59 Å². The van der Waals surface area contributed by atoms with Gasteiger partial charge >= 0.3 is 0 Å². The lowest BCUT2D eigenvalue weighted by molar-refractivity contribution is 0.0727. The van der Waals surface area contributed by atoms with Crippen molar-refractivity contribution >= 4 is 57.2 Å². The molecule has 18 heteroatoms. The standard InChI is InChI=1S/2C23H27N5O4/c2*1-4-32-20-16-7-8-24-19(16)26-22(27-20)25-17-6-5-14(9-18(17)31-3)21(29)28-11-15-10-23(15,12-28)13-30-2/h2*5-9,15H,4,10-13H2,1-3H3,(H2,24,25,26,27). The zero-order chi connectivity index (χ0) is 44.6. The van der Waals surface area contributed by atoms with Gasteiger partial charge < -0.3 is 58.8 Å². The Hall–Kier alpha value is -6.66. The maximum atomic E-state index is 13.1. The van der Waals surface area contributed by atoms with E-state index in [1.54, 1.807) is 65.1 Å². The smallest absolute Gasteiger partial charge is 0.254 e. The monoisotopic (exact) mass is 874 g/mol. The molecule has 0 spiro atoms. The third kappa shape index (κ3) is 8.18. The number of fused-ring (bicyclic) bond motifs is 4. The Labute approximate surface area is 370 Å². The van der Waals surface area contributed by atoms with Crippen LogP contribution in [0.1, 0.15) is 47.4 Å². The minimum atomic E-state index is 0.0141. The molecule has 4 atom stereocenters. The first-order valence-corrected chi connectivity index (χ1v) is 21.6. The van der Waals surface area contributed by atoms with E-state index in [2.05, 4.69) is 40.5 Å². The molecule has 0 bridgehead atoms. The predicted molar refractivity (Wildman–Crippen MR) is 239 cm³/mol. The fraction of sp³-hybridized carbons (Fsp3) is 0.435. The second kappa shape index (κ2) is 17.5. The summed E-state index contributed by atoms with van der Waals surface area (Å²) >= 11 is 0. The molecule has 4 fully saturated rings. The number of hydrogen-bond donors (Lipinski definition) is 4. The van der Waals surface area contributed by atoms with Gasteiger partial charge in [0.15, 0.2) is 0 Å². The molecule has 2 saturated carbocycles. The fourth-order valence-corrected chi connectivity index (χ4v) is 9.41. The Kier molecular flexibility index (Phi) is 11.6. The molecule has 4 N–H and O–H groups in total. The number of carbonyl (C=O) groups is 2. The van der Waals surface area contributed by atoms with Crippen molar-refractivity contribution in [2.75, 3.05) is 91.7 Å². The predicted octanol–water partition coefficient (Wildman–Crippen LogP) is 6.43. The van der Waals surface area contributed by atoms with E-state index in [9.17, 15) is 9.59 Å². The number of aromatic nitrogens is 6. The van der Waals surface area contributed by atoms with Crippen LogP contribution in [0.25, 0.3) is 22.1 Å². The van der Waals surface area contributed by atoms with E-state index in [-0.39, 0.29) is 22.6 Å². The number of H-pyrrole nitrogens is 2. The van der Waals surface area contributed by atoms with E-state index in [0.29, 0.717) is 107 Å². The number of carbonyl (C=O) groups excluding carboxylic acids is 2. The lowest BCUT2D eigenvalue weighted by atomic mass is 10.1. The maximum absolute atomic E-state index is 13.1. The molecule has 4 aromatic heterocycles. The first-order valence-electron chi connectivity index (χ1n) is 21.6. The number of anilines is 4. The highest BCUT2D eigenvalue weighted by atomic mass is 16.5. The summed E-state index contributed by atoms with van der Waals surface area (Å²) in [5, 5.41) is 8.02. The van der Waals surface area contributed by atoms with Gasteiger partial charge in [-0.05, 0) is 87.1 Å². The highest BCUT2D eigenvalue weighted by molar-refractivity contribution is 5.97. The number of aromatic amines is 2. The summed E-state index contributed by atoms with van der Waals surface area (Å²) in [7, 11) is 6.60. The zero-order valence-electron chi connectivity index (χ0n) is 36.9. The number of likely N-dealkylation sites (tertiary alicyclic amines) is 2. The molecule has 2 aliphatic carbocycles. The van der Waals surface area contributed by atoms with Crippen molar-refractivity contribution in [3.05, 3.63) is 72.1 Å². The lowest BCUT2D eigenvalue weighted by Crippen LogP contribution is -2.32. The van der Waals surface area contributed by atoms with Gasteiger partial charge in [-0.1, -0.05) is 0 Å². The lowest BCUT2D eigenvalue weighted by Gasteiger charge is -2.21. The second-order valence-corrected chi connectivity index (χ2v) is 16.9. The van der Waals surface area contributed by atoms with E-state index < -0.39 is 0 Å². The molecule has 6 heterocycles. The van der Waals surface area contributed by atoms with Crippen LogP contribution in [0.4, 0.5) is 23.3 Å². The van der Waals surface area contributed by atoms with Crippen molar-refractivity contribution in [1.82, 2.24) is 39.7 Å². The largest absolute Gasteiger partial charge is 0.495 e. The van der Waals surface area contributed by atoms with Gasteiger partial charge in [-0.2, -0.15) is 19.9 Å². The Morgan fingerprint density at radius 1 is 0.656 bits per heavy atom. The van der Waals surface area contributed by atoms with Gasteiger partial charge in [0, 0.05) is 74.7 Å². The van der Waals surface area contributed by atoms with E-state index in [4.69, 9.17) is 28.4 Å². The van der Waals surface area contributed by atoms with Crippen LogP contribution in [-0.4, -0.2) is 133 Å². The van der Waals surface area contributed by atoms with Crippen LogP contribution in [0.3, 0.4) is 0 Å². The summed E-state index contributed by atoms with van der Waals surface area (Å²) < 4.78 is 33.2. The Morgan fingerprint density at radius 3 is 1.48 bits per heavy atom. The molecule has 336 valence electrons. The number of benzene rings is 2. The summed E-state index contributed by atoms with van der Waals surface area (Å²) in [4.78, 5) is 54.2. The van der Waals surface area contributed by atoms with Gasteiger partial charge in [0.25, 0.3) is 11.8 Å². The van der Waals surface area contributed by atoms with Crippen LogP contribution in [0, 0.1) is 22.7 Å². The van der Waals surface area contributed by atoms with Crippen LogP contribution in [0.15, 0.2) is 60.9 Å². The highest BCUT2D eigenvalue weighted by Crippen LogP contribution is 2.59. The van der Waals surface area contributed by atoms with Crippen LogP contribution in [-0.2, 0) is 9.47 Å². The maximum Gasteiger partial charge on any atom is 0.254 e. The van der Waals surface area contributed by atoms with E-state index in [1.165, 1.54) is 0 Å². The summed E-state index contributed by atoms with van der Waals surface area (Å²) in [6.45, 7) is 9.31. The topological polar surface area (TPSA) is 203 Å². The van der Waals surface area contributed by atoms with Crippen molar-refractivity contribution in [2.45, 2.75) is 26.7 Å². The summed E-state index contributed by atoms with van der Waals surface area (Å²) in [6.07, 6.45) is 5.88. The second-order valence-electron chi connectivity index (χ2n) is 16.9. The van der Waals surface area contributed by atoms with Gasteiger partial charge in [0.1, 0.15) is 22.8 Å². The molecule has 2 aromatic carbocycles. The van der Waals surface area contributed by atoms with E-state index >= 15 is 0 Å². The third-order valence-corrected chi connectivity index (χ3v) is 12.8. The molecule has 6 aromatic rings. The molecular weight excluding hydrogens is 821 g/mol. The summed E-state index contributed by atoms with van der Waals surface area (Å²) in [5.74, 6) is 3.97. The number of nitrogens with one attached hydrogen (secondary N) is 4. The number of methoxy groups -OCH3 is 4. The molecule has 4 unspecified atom stereocenters. The molecular formula is C46H54N10O8. The van der Waals surface area contributed by atoms with Gasteiger partial charge in [0.05, 0.1) is 62.8 Å². The SMILES string of the molecule is CCOc1nc(Nc2ccc(C(=O)N3CC4CC4(COC)C3)cc2OC)nc2[nH]ccc12.CCOc1nc(Nc2ccc(C(=O)N3CC4CC4(COC)C3)cc2OC)nc2[nH]ccc12. The Bertz CT molecular complexity index is 2510. The number of rotatable bonds is 16. The number of ether oxygens (including phenoxy) is 6. The number of hydrogen-bond acceptors (Lipinski definition) is 14. The number of amides is 2. The number of nitrogens with zero attached hydrogens (tertiary/aromatic N) is 6. The van der Waals surface area contributed by atoms with Crippen molar-refractivity contribution in [3.8, 4) is 23.3 Å².